The highest BCUT2D eigenvalue weighted by atomic mass is 35.5. The number of thioether (sulfide) groups is 1. The van der Waals surface area contributed by atoms with Gasteiger partial charge in [-0.15, -0.1) is 0 Å². The Labute approximate surface area is 124 Å². The third-order valence-corrected chi connectivity index (χ3v) is 4.03. The summed E-state index contributed by atoms with van der Waals surface area (Å²) in [5, 5.41) is 3.75. The van der Waals surface area contributed by atoms with Gasteiger partial charge < -0.3 is 10.2 Å². The van der Waals surface area contributed by atoms with Crippen LogP contribution in [0.2, 0.25) is 5.02 Å². The van der Waals surface area contributed by atoms with Crippen LogP contribution in [0.1, 0.15) is 18.5 Å². The van der Waals surface area contributed by atoms with E-state index in [1.807, 2.05) is 51.5 Å². The second-order valence-corrected chi connectivity index (χ2v) is 6.37. The lowest BCUT2D eigenvalue weighted by Crippen LogP contribution is -2.38. The normalized spacial score (nSPS) is 14.2. The van der Waals surface area contributed by atoms with Crippen molar-refractivity contribution < 1.29 is 4.79 Å². The third-order valence-electron chi connectivity index (χ3n) is 2.86. The summed E-state index contributed by atoms with van der Waals surface area (Å²) in [6.45, 7) is 2.67. The lowest BCUT2D eigenvalue weighted by atomic mass is 10.1. The van der Waals surface area contributed by atoms with E-state index >= 15 is 0 Å². The van der Waals surface area contributed by atoms with Crippen molar-refractivity contribution in [2.24, 2.45) is 0 Å². The molecule has 0 spiro atoms. The van der Waals surface area contributed by atoms with Crippen LogP contribution in [0.3, 0.4) is 0 Å². The first kappa shape index (κ1) is 16.3. The Balaban J connectivity index is 2.82. The number of halogens is 1. The highest BCUT2D eigenvalue weighted by Gasteiger charge is 2.18. The van der Waals surface area contributed by atoms with Gasteiger partial charge in [0, 0.05) is 11.6 Å². The number of carbonyl (C=O) groups excluding carboxylic acids is 1. The molecule has 1 amide bonds. The molecule has 1 N–H and O–H groups in total. The maximum Gasteiger partial charge on any atom is 0.233 e. The minimum atomic E-state index is -0.0445. The van der Waals surface area contributed by atoms with Crippen LogP contribution >= 0.6 is 23.4 Å². The Bertz CT molecular complexity index is 408. The van der Waals surface area contributed by atoms with Crippen molar-refractivity contribution in [1.29, 1.82) is 0 Å². The minimum absolute atomic E-state index is 0.0191. The quantitative estimate of drug-likeness (QED) is 0.877. The van der Waals surface area contributed by atoms with Gasteiger partial charge in [0.25, 0.3) is 0 Å². The zero-order chi connectivity index (χ0) is 14.4. The standard InChI is InChI=1S/C14H21ClN2OS/c1-10(19-4)14(18)16-13(9-17(2)3)11-5-7-12(15)8-6-11/h5-8,10,13H,9H2,1-4H3,(H,16,18)/t10-,13+/m1/s1. The predicted octanol–water partition coefficient (Wildman–Crippen LogP) is 2.81. The molecular weight excluding hydrogens is 280 g/mol. The molecule has 3 nitrogen and oxygen atoms in total. The number of hydrogen-bond donors (Lipinski definition) is 1. The average molecular weight is 301 g/mol. The number of hydrogen-bond acceptors (Lipinski definition) is 3. The minimum Gasteiger partial charge on any atom is -0.347 e. The molecule has 0 aliphatic carbocycles. The third kappa shape index (κ3) is 5.43. The van der Waals surface area contributed by atoms with E-state index in [-0.39, 0.29) is 17.2 Å². The summed E-state index contributed by atoms with van der Waals surface area (Å²) in [5.74, 6) is 0.0642. The van der Waals surface area contributed by atoms with Crippen molar-refractivity contribution in [3.05, 3.63) is 34.9 Å². The van der Waals surface area contributed by atoms with Gasteiger partial charge in [-0.05, 0) is 45.0 Å². The van der Waals surface area contributed by atoms with Gasteiger partial charge in [-0.1, -0.05) is 23.7 Å². The second kappa shape index (κ2) is 7.78. The summed E-state index contributed by atoms with van der Waals surface area (Å²) < 4.78 is 0. The fourth-order valence-corrected chi connectivity index (χ4v) is 2.10. The number of nitrogens with one attached hydrogen (secondary N) is 1. The van der Waals surface area contributed by atoms with E-state index in [1.54, 1.807) is 11.8 Å². The summed E-state index contributed by atoms with van der Waals surface area (Å²) in [5.41, 5.74) is 1.07. The Morgan fingerprint density at radius 3 is 2.42 bits per heavy atom. The lowest BCUT2D eigenvalue weighted by Gasteiger charge is -2.24. The molecule has 0 aromatic heterocycles. The van der Waals surface area contributed by atoms with E-state index in [1.165, 1.54) is 0 Å². The van der Waals surface area contributed by atoms with E-state index in [4.69, 9.17) is 11.6 Å². The van der Waals surface area contributed by atoms with Crippen LogP contribution in [0.5, 0.6) is 0 Å². The van der Waals surface area contributed by atoms with Gasteiger partial charge in [0.2, 0.25) is 5.91 Å². The Hall–Kier alpha value is -0.710. The highest BCUT2D eigenvalue weighted by Crippen LogP contribution is 2.18. The van der Waals surface area contributed by atoms with Crippen LogP contribution in [0.4, 0.5) is 0 Å². The molecule has 0 saturated carbocycles. The molecule has 106 valence electrons. The van der Waals surface area contributed by atoms with Crippen molar-refractivity contribution in [2.45, 2.75) is 18.2 Å². The second-order valence-electron chi connectivity index (χ2n) is 4.75. The molecule has 0 radical (unpaired) electrons. The molecule has 0 aliphatic rings. The topological polar surface area (TPSA) is 32.3 Å². The number of nitrogens with zero attached hydrogens (tertiary/aromatic N) is 1. The number of carbonyl (C=O) groups is 1. The first-order valence-electron chi connectivity index (χ1n) is 6.17. The van der Waals surface area contributed by atoms with E-state index in [9.17, 15) is 4.79 Å². The Morgan fingerprint density at radius 2 is 1.95 bits per heavy atom. The predicted molar refractivity (Wildman–Crippen MR) is 83.9 cm³/mol. The summed E-state index contributed by atoms with van der Waals surface area (Å²) in [4.78, 5) is 14.1. The van der Waals surface area contributed by atoms with Crippen LogP contribution in [0, 0.1) is 0 Å². The number of benzene rings is 1. The van der Waals surface area contributed by atoms with Crippen molar-refractivity contribution in [3.8, 4) is 0 Å². The van der Waals surface area contributed by atoms with Crippen molar-refractivity contribution in [2.75, 3.05) is 26.9 Å². The lowest BCUT2D eigenvalue weighted by molar-refractivity contribution is -0.121. The van der Waals surface area contributed by atoms with Gasteiger partial charge in [-0.25, -0.2) is 0 Å². The summed E-state index contributed by atoms with van der Waals surface area (Å²) in [6.07, 6.45) is 1.94. The zero-order valence-electron chi connectivity index (χ0n) is 11.8. The Kier molecular flexibility index (Phi) is 6.69. The van der Waals surface area contributed by atoms with Gasteiger partial charge in [-0.3, -0.25) is 4.79 Å². The van der Waals surface area contributed by atoms with Crippen molar-refractivity contribution in [1.82, 2.24) is 10.2 Å². The molecule has 2 atom stereocenters. The highest BCUT2D eigenvalue weighted by molar-refractivity contribution is 7.99. The fourth-order valence-electron chi connectivity index (χ4n) is 1.69. The molecule has 0 fully saturated rings. The number of likely N-dealkylation sites (N-methyl/N-ethyl adjacent to an activating group) is 1. The van der Waals surface area contributed by atoms with Gasteiger partial charge in [0.05, 0.1) is 11.3 Å². The van der Waals surface area contributed by atoms with Crippen LogP contribution in [-0.4, -0.2) is 43.0 Å². The number of amides is 1. The van der Waals surface area contributed by atoms with Crippen molar-refractivity contribution >= 4 is 29.3 Å². The smallest absolute Gasteiger partial charge is 0.233 e. The molecular formula is C14H21ClN2OS. The molecule has 1 aromatic carbocycles. The van der Waals surface area contributed by atoms with Crippen molar-refractivity contribution in [3.63, 3.8) is 0 Å². The van der Waals surface area contributed by atoms with E-state index in [0.29, 0.717) is 5.02 Å². The molecule has 1 rings (SSSR count). The van der Waals surface area contributed by atoms with Gasteiger partial charge in [0.15, 0.2) is 0 Å². The molecule has 0 bridgehead atoms. The molecule has 0 heterocycles. The fraction of sp³-hybridized carbons (Fsp3) is 0.500. The largest absolute Gasteiger partial charge is 0.347 e. The maximum absolute atomic E-state index is 12.0. The van der Waals surface area contributed by atoms with Gasteiger partial charge >= 0.3 is 0 Å². The first-order valence-corrected chi connectivity index (χ1v) is 7.84. The monoisotopic (exact) mass is 300 g/mol. The molecule has 1 aromatic rings. The van der Waals surface area contributed by atoms with Crippen LogP contribution in [0.15, 0.2) is 24.3 Å². The summed E-state index contributed by atoms with van der Waals surface area (Å²) >= 11 is 7.44. The van der Waals surface area contributed by atoms with Crippen LogP contribution in [-0.2, 0) is 4.79 Å². The molecule has 0 saturated heterocycles. The summed E-state index contributed by atoms with van der Waals surface area (Å²) in [6, 6.07) is 7.60. The van der Waals surface area contributed by atoms with Crippen LogP contribution < -0.4 is 5.32 Å². The van der Waals surface area contributed by atoms with E-state index in [0.717, 1.165) is 12.1 Å². The Morgan fingerprint density at radius 1 is 1.37 bits per heavy atom. The average Bonchev–Trinajstić information content (AvgIpc) is 2.37. The molecule has 0 unspecified atom stereocenters. The van der Waals surface area contributed by atoms with Crippen LogP contribution in [0.25, 0.3) is 0 Å². The molecule has 0 aliphatic heterocycles. The molecule has 5 heteroatoms. The SMILES string of the molecule is CS[C@H](C)C(=O)N[C@@H](CN(C)C)c1ccc(Cl)cc1. The van der Waals surface area contributed by atoms with E-state index < -0.39 is 0 Å². The van der Waals surface area contributed by atoms with Gasteiger partial charge in [0.1, 0.15) is 0 Å². The van der Waals surface area contributed by atoms with E-state index in [2.05, 4.69) is 10.2 Å². The molecule has 19 heavy (non-hydrogen) atoms. The zero-order valence-corrected chi connectivity index (χ0v) is 13.4. The first-order chi connectivity index (χ1) is 8.93. The van der Waals surface area contributed by atoms with Gasteiger partial charge in [-0.2, -0.15) is 11.8 Å². The number of rotatable bonds is 6. The maximum atomic E-state index is 12.0. The summed E-state index contributed by atoms with van der Waals surface area (Å²) in [7, 11) is 3.99.